The summed E-state index contributed by atoms with van der Waals surface area (Å²) in [6.07, 6.45) is 0.534. The Balaban J connectivity index is 3.08. The van der Waals surface area contributed by atoms with Gasteiger partial charge in [0.2, 0.25) is 0 Å². The molecule has 3 heteroatoms. The lowest BCUT2D eigenvalue weighted by Crippen LogP contribution is -2.01. The van der Waals surface area contributed by atoms with Crippen LogP contribution in [0.2, 0.25) is 0 Å². The van der Waals surface area contributed by atoms with Gasteiger partial charge in [0.15, 0.2) is 5.78 Å². The maximum absolute atomic E-state index is 11.4. The molecule has 0 saturated heterocycles. The number of rotatable bonds is 3. The van der Waals surface area contributed by atoms with Crippen molar-refractivity contribution in [2.24, 2.45) is 0 Å². The van der Waals surface area contributed by atoms with Crippen molar-refractivity contribution in [1.82, 2.24) is 4.98 Å². The fourth-order valence-corrected chi connectivity index (χ4v) is 1.16. The number of hydrogen-bond acceptors (Lipinski definition) is 3. The molecule has 0 amide bonds. The second-order valence-electron chi connectivity index (χ2n) is 2.91. The molecular weight excluding hydrogens is 164 g/mol. The van der Waals surface area contributed by atoms with Gasteiger partial charge in [-0.3, -0.25) is 4.79 Å². The average Bonchev–Trinajstić information content (AvgIpc) is 2.15. The van der Waals surface area contributed by atoms with Crippen molar-refractivity contribution >= 4 is 11.6 Å². The van der Waals surface area contributed by atoms with Crippen LogP contribution in [-0.2, 0) is 0 Å². The lowest BCUT2D eigenvalue weighted by molar-refractivity contribution is 0.0988. The number of nitrogens with one attached hydrogen (secondary N) is 1. The minimum atomic E-state index is 0.155. The minimum Gasteiger partial charge on any atom is -0.373 e. The molecule has 0 aliphatic heterocycles. The maximum Gasteiger partial charge on any atom is 0.162 e. The Morgan fingerprint density at radius 3 is 2.77 bits per heavy atom. The van der Waals surface area contributed by atoms with Crippen LogP contribution in [0.25, 0.3) is 0 Å². The molecule has 0 unspecified atom stereocenters. The molecule has 0 atom stereocenters. The van der Waals surface area contributed by atoms with Gasteiger partial charge in [0.25, 0.3) is 0 Å². The zero-order chi connectivity index (χ0) is 9.84. The van der Waals surface area contributed by atoms with Crippen LogP contribution in [0.4, 0.5) is 5.82 Å². The number of Topliss-reactive ketones (excluding diaryl/α,β-unsaturated/α-hetero) is 1. The number of carbonyl (C=O) groups excluding carboxylic acids is 1. The molecule has 1 aromatic rings. The third-order valence-corrected chi connectivity index (χ3v) is 1.85. The van der Waals surface area contributed by atoms with Gasteiger partial charge in [-0.1, -0.05) is 6.92 Å². The molecule has 1 rings (SSSR count). The number of ketones is 1. The first-order valence-corrected chi connectivity index (χ1v) is 4.37. The molecule has 1 aromatic heterocycles. The van der Waals surface area contributed by atoms with Crippen molar-refractivity contribution in [2.45, 2.75) is 20.3 Å². The van der Waals surface area contributed by atoms with Crippen molar-refractivity contribution in [3.63, 3.8) is 0 Å². The molecular formula is C10H14N2O. The number of carbonyl (C=O) groups is 1. The van der Waals surface area contributed by atoms with E-state index in [-0.39, 0.29) is 5.78 Å². The van der Waals surface area contributed by atoms with E-state index in [0.29, 0.717) is 6.42 Å². The number of anilines is 1. The van der Waals surface area contributed by atoms with Crippen molar-refractivity contribution in [3.05, 3.63) is 23.4 Å². The quantitative estimate of drug-likeness (QED) is 0.720. The number of pyridine rings is 1. The van der Waals surface area contributed by atoms with E-state index in [9.17, 15) is 4.79 Å². The summed E-state index contributed by atoms with van der Waals surface area (Å²) in [7, 11) is 1.79. The third kappa shape index (κ3) is 2.28. The molecule has 0 aliphatic rings. The van der Waals surface area contributed by atoms with Gasteiger partial charge in [-0.2, -0.15) is 0 Å². The summed E-state index contributed by atoms with van der Waals surface area (Å²) in [6.45, 7) is 3.74. The van der Waals surface area contributed by atoms with Crippen LogP contribution in [0, 0.1) is 6.92 Å². The van der Waals surface area contributed by atoms with E-state index in [0.717, 1.165) is 17.1 Å². The largest absolute Gasteiger partial charge is 0.373 e. The topological polar surface area (TPSA) is 42.0 Å². The molecule has 0 fully saturated rings. The van der Waals surface area contributed by atoms with Crippen molar-refractivity contribution < 1.29 is 4.79 Å². The van der Waals surface area contributed by atoms with Gasteiger partial charge in [-0.25, -0.2) is 4.98 Å². The van der Waals surface area contributed by atoms with Gasteiger partial charge in [-0.05, 0) is 19.1 Å². The first kappa shape index (κ1) is 9.71. The standard InChI is InChI=1S/C10H14N2O/c1-4-9(13)8-5-7(2)12-10(6-8)11-3/h5-6H,4H2,1-3H3,(H,11,12). The van der Waals surface area contributed by atoms with E-state index >= 15 is 0 Å². The predicted octanol–water partition coefficient (Wildman–Crippen LogP) is 2.02. The van der Waals surface area contributed by atoms with E-state index in [2.05, 4.69) is 10.3 Å². The lowest BCUT2D eigenvalue weighted by atomic mass is 10.1. The molecule has 0 spiro atoms. The first-order valence-electron chi connectivity index (χ1n) is 4.37. The van der Waals surface area contributed by atoms with Crippen LogP contribution in [-0.4, -0.2) is 17.8 Å². The normalized spacial score (nSPS) is 9.77. The highest BCUT2D eigenvalue weighted by Gasteiger charge is 2.05. The summed E-state index contributed by atoms with van der Waals surface area (Å²) >= 11 is 0. The van der Waals surface area contributed by atoms with E-state index < -0.39 is 0 Å². The molecule has 13 heavy (non-hydrogen) atoms. The maximum atomic E-state index is 11.4. The van der Waals surface area contributed by atoms with E-state index in [1.54, 1.807) is 13.1 Å². The second kappa shape index (κ2) is 4.03. The van der Waals surface area contributed by atoms with Gasteiger partial charge < -0.3 is 5.32 Å². The highest BCUT2D eigenvalue weighted by molar-refractivity contribution is 5.96. The number of nitrogens with zero attached hydrogens (tertiary/aromatic N) is 1. The highest BCUT2D eigenvalue weighted by Crippen LogP contribution is 2.11. The molecule has 0 radical (unpaired) electrons. The molecule has 1 N–H and O–H groups in total. The Morgan fingerprint density at radius 1 is 1.54 bits per heavy atom. The Hall–Kier alpha value is -1.38. The van der Waals surface area contributed by atoms with Crippen LogP contribution in [0.5, 0.6) is 0 Å². The third-order valence-electron chi connectivity index (χ3n) is 1.85. The van der Waals surface area contributed by atoms with Gasteiger partial charge in [-0.15, -0.1) is 0 Å². The summed E-state index contributed by atoms with van der Waals surface area (Å²) in [5.41, 5.74) is 1.60. The monoisotopic (exact) mass is 178 g/mol. The number of aryl methyl sites for hydroxylation is 1. The Morgan fingerprint density at radius 2 is 2.23 bits per heavy atom. The van der Waals surface area contributed by atoms with Crippen LogP contribution < -0.4 is 5.32 Å². The van der Waals surface area contributed by atoms with Crippen LogP contribution in [0.3, 0.4) is 0 Å². The van der Waals surface area contributed by atoms with Crippen molar-refractivity contribution in [2.75, 3.05) is 12.4 Å². The van der Waals surface area contributed by atoms with Crippen molar-refractivity contribution in [3.8, 4) is 0 Å². The highest BCUT2D eigenvalue weighted by atomic mass is 16.1. The number of aromatic nitrogens is 1. The second-order valence-corrected chi connectivity index (χ2v) is 2.91. The van der Waals surface area contributed by atoms with E-state index in [4.69, 9.17) is 0 Å². The fraction of sp³-hybridized carbons (Fsp3) is 0.400. The minimum absolute atomic E-state index is 0.155. The summed E-state index contributed by atoms with van der Waals surface area (Å²) in [6, 6.07) is 3.59. The Labute approximate surface area is 78.2 Å². The summed E-state index contributed by atoms with van der Waals surface area (Å²) < 4.78 is 0. The zero-order valence-electron chi connectivity index (χ0n) is 8.22. The Bertz CT molecular complexity index is 321. The average molecular weight is 178 g/mol. The van der Waals surface area contributed by atoms with Crippen LogP contribution in [0.1, 0.15) is 29.4 Å². The van der Waals surface area contributed by atoms with Gasteiger partial charge in [0.05, 0.1) is 0 Å². The predicted molar refractivity (Wildman–Crippen MR) is 53.1 cm³/mol. The smallest absolute Gasteiger partial charge is 0.162 e. The van der Waals surface area contributed by atoms with Crippen LogP contribution in [0.15, 0.2) is 12.1 Å². The summed E-state index contributed by atoms with van der Waals surface area (Å²) in [5, 5.41) is 2.92. The van der Waals surface area contributed by atoms with E-state index in [1.807, 2.05) is 19.9 Å². The SMILES string of the molecule is CCC(=O)c1cc(C)nc(NC)c1. The summed E-state index contributed by atoms with van der Waals surface area (Å²) in [5.74, 6) is 0.902. The molecule has 0 aromatic carbocycles. The molecule has 3 nitrogen and oxygen atoms in total. The van der Waals surface area contributed by atoms with Crippen molar-refractivity contribution in [1.29, 1.82) is 0 Å². The van der Waals surface area contributed by atoms with Gasteiger partial charge >= 0.3 is 0 Å². The fourth-order valence-electron chi connectivity index (χ4n) is 1.16. The molecule has 1 heterocycles. The molecule has 0 bridgehead atoms. The zero-order valence-corrected chi connectivity index (χ0v) is 8.22. The molecule has 70 valence electrons. The van der Waals surface area contributed by atoms with E-state index in [1.165, 1.54) is 0 Å². The first-order chi connectivity index (χ1) is 6.17. The van der Waals surface area contributed by atoms with Gasteiger partial charge in [0, 0.05) is 24.7 Å². The molecule has 0 saturated carbocycles. The Kier molecular flexibility index (Phi) is 3.01. The number of hydrogen-bond donors (Lipinski definition) is 1. The summed E-state index contributed by atoms with van der Waals surface area (Å²) in [4.78, 5) is 15.6. The lowest BCUT2D eigenvalue weighted by Gasteiger charge is -2.04. The van der Waals surface area contributed by atoms with Crippen LogP contribution >= 0.6 is 0 Å². The molecule has 0 aliphatic carbocycles. The van der Waals surface area contributed by atoms with Gasteiger partial charge in [0.1, 0.15) is 5.82 Å².